The van der Waals surface area contributed by atoms with E-state index in [9.17, 15) is 4.79 Å². The summed E-state index contributed by atoms with van der Waals surface area (Å²) in [6.07, 6.45) is 2.33. The fraction of sp³-hybridized carbons (Fsp3) is 0.700. The molecule has 0 atom stereocenters. The molecule has 1 N–H and O–H groups in total. The highest BCUT2D eigenvalue weighted by Crippen LogP contribution is 1.91. The molecule has 0 saturated carbocycles. The van der Waals surface area contributed by atoms with Crippen LogP contribution in [0.3, 0.4) is 0 Å². The van der Waals surface area contributed by atoms with Gasteiger partial charge in [-0.3, -0.25) is 4.79 Å². The van der Waals surface area contributed by atoms with E-state index >= 15 is 0 Å². The van der Waals surface area contributed by atoms with Crippen molar-refractivity contribution in [2.75, 3.05) is 13.1 Å². The highest BCUT2D eigenvalue weighted by molar-refractivity contribution is 5.71. The Morgan fingerprint density at radius 1 is 1.62 bits per heavy atom. The lowest BCUT2D eigenvalue weighted by molar-refractivity contribution is -0.146. The Hall–Kier alpha value is -1.43. The zero-order valence-corrected chi connectivity index (χ0v) is 9.93. The molecule has 1 heterocycles. The molecule has 0 unspecified atom stereocenters. The minimum absolute atomic E-state index is 0.0620. The number of aryl methyl sites for hydroxylation is 1. The van der Waals surface area contributed by atoms with Crippen molar-refractivity contribution in [2.45, 2.75) is 26.4 Å². The number of aromatic nitrogens is 3. The van der Waals surface area contributed by atoms with Gasteiger partial charge in [-0.2, -0.15) is 0 Å². The van der Waals surface area contributed by atoms with Gasteiger partial charge in [0.25, 0.3) is 0 Å². The average molecular weight is 226 g/mol. The fourth-order valence-electron chi connectivity index (χ4n) is 1.23. The van der Waals surface area contributed by atoms with Gasteiger partial charge in [-0.15, -0.1) is 10.2 Å². The molecule has 1 aromatic heterocycles. The molecule has 1 aromatic rings. The van der Waals surface area contributed by atoms with Crippen molar-refractivity contribution >= 4 is 5.97 Å². The Morgan fingerprint density at radius 2 is 2.38 bits per heavy atom. The van der Waals surface area contributed by atoms with Gasteiger partial charge in [0.05, 0.1) is 12.6 Å². The lowest BCUT2D eigenvalue weighted by Crippen LogP contribution is -2.28. The Bertz CT molecular complexity index is 335. The molecule has 6 nitrogen and oxygen atoms in total. The van der Waals surface area contributed by atoms with Gasteiger partial charge in [-0.05, 0) is 13.8 Å². The summed E-state index contributed by atoms with van der Waals surface area (Å²) >= 11 is 0. The summed E-state index contributed by atoms with van der Waals surface area (Å²) in [6.45, 7) is 4.57. The van der Waals surface area contributed by atoms with E-state index in [-0.39, 0.29) is 18.6 Å². The monoisotopic (exact) mass is 226 g/mol. The van der Waals surface area contributed by atoms with Crippen LogP contribution in [0.4, 0.5) is 0 Å². The van der Waals surface area contributed by atoms with E-state index in [1.165, 1.54) is 0 Å². The van der Waals surface area contributed by atoms with Crippen molar-refractivity contribution in [3.63, 3.8) is 0 Å². The van der Waals surface area contributed by atoms with E-state index in [4.69, 9.17) is 4.74 Å². The summed E-state index contributed by atoms with van der Waals surface area (Å²) in [5.74, 6) is 0.665. The minimum atomic E-state index is -0.229. The first-order valence-corrected chi connectivity index (χ1v) is 5.32. The number of nitrogens with one attached hydrogen (secondary N) is 1. The van der Waals surface area contributed by atoms with Gasteiger partial charge in [0.2, 0.25) is 0 Å². The van der Waals surface area contributed by atoms with E-state index in [2.05, 4.69) is 15.5 Å². The zero-order chi connectivity index (χ0) is 12.0. The smallest absolute Gasteiger partial charge is 0.320 e. The normalized spacial score (nSPS) is 10.8. The Balaban J connectivity index is 2.13. The Labute approximate surface area is 95.0 Å². The van der Waals surface area contributed by atoms with Crippen LogP contribution in [-0.2, 0) is 23.0 Å². The summed E-state index contributed by atoms with van der Waals surface area (Å²) < 4.78 is 6.83. The third-order valence-electron chi connectivity index (χ3n) is 1.97. The summed E-state index contributed by atoms with van der Waals surface area (Å²) in [7, 11) is 1.89. The molecule has 0 aliphatic rings. The van der Waals surface area contributed by atoms with Gasteiger partial charge in [0.15, 0.2) is 0 Å². The number of carbonyl (C=O) groups excluding carboxylic acids is 1. The van der Waals surface area contributed by atoms with E-state index in [1.807, 2.05) is 25.5 Å². The maximum atomic E-state index is 11.2. The second-order valence-electron chi connectivity index (χ2n) is 3.82. The van der Waals surface area contributed by atoms with Gasteiger partial charge in [0, 0.05) is 20.0 Å². The second kappa shape index (κ2) is 6.22. The number of nitrogens with zero attached hydrogens (tertiary/aromatic N) is 3. The van der Waals surface area contributed by atoms with Crippen LogP contribution in [0.15, 0.2) is 6.33 Å². The van der Waals surface area contributed by atoms with Crippen LogP contribution in [0.2, 0.25) is 0 Å². The molecule has 6 heteroatoms. The maximum absolute atomic E-state index is 11.2. The average Bonchev–Trinajstić information content (AvgIpc) is 2.58. The quantitative estimate of drug-likeness (QED) is 0.542. The van der Waals surface area contributed by atoms with Crippen molar-refractivity contribution in [1.82, 2.24) is 20.1 Å². The molecule has 0 bridgehead atoms. The number of esters is 1. The van der Waals surface area contributed by atoms with Crippen LogP contribution in [0, 0.1) is 0 Å². The third-order valence-corrected chi connectivity index (χ3v) is 1.97. The Kier molecular flexibility index (Phi) is 4.91. The molecule has 0 aliphatic carbocycles. The Morgan fingerprint density at radius 3 is 2.94 bits per heavy atom. The minimum Gasteiger partial charge on any atom is -0.462 e. The highest BCUT2D eigenvalue weighted by atomic mass is 16.5. The van der Waals surface area contributed by atoms with Crippen LogP contribution in [0.1, 0.15) is 19.7 Å². The summed E-state index contributed by atoms with van der Waals surface area (Å²) in [4.78, 5) is 11.2. The molecule has 16 heavy (non-hydrogen) atoms. The number of ether oxygens (including phenoxy) is 1. The molecule has 90 valence electrons. The third kappa shape index (κ3) is 4.39. The zero-order valence-electron chi connectivity index (χ0n) is 9.93. The molecule has 1 rings (SSSR count). The fourth-order valence-corrected chi connectivity index (χ4v) is 1.23. The first kappa shape index (κ1) is 12.6. The molecule has 0 amide bonds. The largest absolute Gasteiger partial charge is 0.462 e. The van der Waals surface area contributed by atoms with Crippen molar-refractivity contribution in [3.8, 4) is 0 Å². The van der Waals surface area contributed by atoms with E-state index in [1.54, 1.807) is 6.33 Å². The lowest BCUT2D eigenvalue weighted by atomic mass is 10.4. The summed E-state index contributed by atoms with van der Waals surface area (Å²) in [6, 6.07) is 0. The molecule has 0 spiro atoms. The number of rotatable bonds is 6. The van der Waals surface area contributed by atoms with E-state index in [0.717, 1.165) is 12.2 Å². The van der Waals surface area contributed by atoms with Crippen LogP contribution in [0.5, 0.6) is 0 Å². The molecule has 0 saturated heterocycles. The predicted octanol–water partition coefficient (Wildman–Crippen LogP) is -0.101. The molecule has 0 aromatic carbocycles. The summed E-state index contributed by atoms with van der Waals surface area (Å²) in [5, 5.41) is 10.7. The van der Waals surface area contributed by atoms with Crippen LogP contribution < -0.4 is 5.32 Å². The van der Waals surface area contributed by atoms with Crippen molar-refractivity contribution in [3.05, 3.63) is 12.2 Å². The standard InChI is InChI=1S/C10H18N4O2/c1-8(2)16-10(15)6-11-5-4-9-13-12-7-14(9)3/h7-8,11H,4-6H2,1-3H3. The van der Waals surface area contributed by atoms with Crippen molar-refractivity contribution < 1.29 is 9.53 Å². The van der Waals surface area contributed by atoms with Crippen molar-refractivity contribution in [1.29, 1.82) is 0 Å². The molecular weight excluding hydrogens is 208 g/mol. The van der Waals surface area contributed by atoms with Gasteiger partial charge in [-0.1, -0.05) is 0 Å². The number of hydrogen-bond donors (Lipinski definition) is 1. The van der Waals surface area contributed by atoms with Gasteiger partial charge >= 0.3 is 5.97 Å². The number of hydrogen-bond acceptors (Lipinski definition) is 5. The maximum Gasteiger partial charge on any atom is 0.320 e. The first-order chi connectivity index (χ1) is 7.59. The summed E-state index contributed by atoms with van der Waals surface area (Å²) in [5.41, 5.74) is 0. The highest BCUT2D eigenvalue weighted by Gasteiger charge is 2.05. The second-order valence-corrected chi connectivity index (χ2v) is 3.82. The molecule has 0 radical (unpaired) electrons. The first-order valence-electron chi connectivity index (χ1n) is 5.32. The van der Waals surface area contributed by atoms with Crippen molar-refractivity contribution in [2.24, 2.45) is 7.05 Å². The lowest BCUT2D eigenvalue weighted by Gasteiger charge is -2.08. The van der Waals surface area contributed by atoms with Gasteiger partial charge in [0.1, 0.15) is 12.2 Å². The molecule has 0 aliphatic heterocycles. The molecule has 0 fully saturated rings. The predicted molar refractivity (Wildman–Crippen MR) is 58.8 cm³/mol. The van der Waals surface area contributed by atoms with Gasteiger partial charge < -0.3 is 14.6 Å². The van der Waals surface area contributed by atoms with Gasteiger partial charge in [-0.25, -0.2) is 0 Å². The van der Waals surface area contributed by atoms with Crippen LogP contribution in [0.25, 0.3) is 0 Å². The van der Waals surface area contributed by atoms with E-state index in [0.29, 0.717) is 6.54 Å². The topological polar surface area (TPSA) is 69.0 Å². The number of carbonyl (C=O) groups is 1. The molecular formula is C10H18N4O2. The van der Waals surface area contributed by atoms with Crippen LogP contribution >= 0.6 is 0 Å². The SMILES string of the molecule is CC(C)OC(=O)CNCCc1nncn1C. The van der Waals surface area contributed by atoms with Crippen LogP contribution in [-0.4, -0.2) is 39.9 Å². The van der Waals surface area contributed by atoms with E-state index < -0.39 is 0 Å².